The number of halogens is 4. The van der Waals surface area contributed by atoms with Crippen molar-refractivity contribution in [1.82, 2.24) is 0 Å². The van der Waals surface area contributed by atoms with Crippen LogP contribution in [0.5, 0.6) is 5.75 Å². The van der Waals surface area contributed by atoms with Crippen LogP contribution in [0.1, 0.15) is 0 Å². The van der Waals surface area contributed by atoms with E-state index in [9.17, 15) is 8.42 Å². The SMILES string of the molecule is O=S(=O)(Oc1ccc(Cl)cc1)c1cc(Cl)c(Cl)cc1Cl. The first kappa shape index (κ1) is 15.7. The van der Waals surface area contributed by atoms with Crippen LogP contribution in [0.15, 0.2) is 41.3 Å². The van der Waals surface area contributed by atoms with Gasteiger partial charge >= 0.3 is 10.1 Å². The molecular formula is C12H6Cl4O3S. The lowest BCUT2D eigenvalue weighted by Crippen LogP contribution is -2.10. The summed E-state index contributed by atoms with van der Waals surface area (Å²) in [6.45, 7) is 0. The fourth-order valence-electron chi connectivity index (χ4n) is 1.36. The zero-order valence-corrected chi connectivity index (χ0v) is 13.4. The highest BCUT2D eigenvalue weighted by molar-refractivity contribution is 7.87. The van der Waals surface area contributed by atoms with E-state index in [0.717, 1.165) is 6.07 Å². The Hall–Kier alpha value is -0.650. The van der Waals surface area contributed by atoms with Crippen LogP contribution in [-0.2, 0) is 10.1 Å². The van der Waals surface area contributed by atoms with Crippen LogP contribution in [0.3, 0.4) is 0 Å². The third kappa shape index (κ3) is 3.51. The Morgan fingerprint density at radius 2 is 1.35 bits per heavy atom. The maximum atomic E-state index is 12.1. The maximum Gasteiger partial charge on any atom is 0.340 e. The van der Waals surface area contributed by atoms with Crippen molar-refractivity contribution in [3.8, 4) is 5.75 Å². The molecule has 0 atom stereocenters. The average molecular weight is 372 g/mol. The average Bonchev–Trinajstić information content (AvgIpc) is 2.36. The topological polar surface area (TPSA) is 43.4 Å². The second kappa shape index (κ2) is 6.00. The molecule has 2 aromatic carbocycles. The van der Waals surface area contributed by atoms with Crippen molar-refractivity contribution in [3.63, 3.8) is 0 Å². The molecule has 2 rings (SSSR count). The van der Waals surface area contributed by atoms with Gasteiger partial charge in [-0.2, -0.15) is 8.42 Å². The number of hydrogen-bond acceptors (Lipinski definition) is 3. The quantitative estimate of drug-likeness (QED) is 0.558. The Kier molecular flexibility index (Phi) is 4.72. The second-order valence-corrected chi connectivity index (χ2v) is 6.86. The van der Waals surface area contributed by atoms with Gasteiger partial charge in [0.15, 0.2) is 0 Å². The minimum absolute atomic E-state index is 0.0642. The molecule has 0 bridgehead atoms. The largest absolute Gasteiger partial charge is 0.379 e. The van der Waals surface area contributed by atoms with E-state index in [0.29, 0.717) is 5.02 Å². The summed E-state index contributed by atoms with van der Waals surface area (Å²) in [6, 6.07) is 8.23. The minimum atomic E-state index is -4.11. The molecule has 0 aliphatic carbocycles. The lowest BCUT2D eigenvalue weighted by Gasteiger charge is -2.09. The van der Waals surface area contributed by atoms with Gasteiger partial charge in [0.05, 0.1) is 15.1 Å². The van der Waals surface area contributed by atoms with Gasteiger partial charge in [0.1, 0.15) is 10.6 Å². The first-order valence-corrected chi connectivity index (χ1v) is 8.06. The van der Waals surface area contributed by atoms with Crippen LogP contribution in [0, 0.1) is 0 Å². The van der Waals surface area contributed by atoms with Crippen LogP contribution in [0.2, 0.25) is 20.1 Å². The third-order valence-electron chi connectivity index (χ3n) is 2.26. The Bertz CT molecular complexity index is 742. The summed E-state index contributed by atoms with van der Waals surface area (Å²) in [6.07, 6.45) is 0. The van der Waals surface area contributed by atoms with E-state index in [-0.39, 0.29) is 25.7 Å². The minimum Gasteiger partial charge on any atom is -0.379 e. The zero-order chi connectivity index (χ0) is 14.9. The van der Waals surface area contributed by atoms with Crippen molar-refractivity contribution in [3.05, 3.63) is 56.5 Å². The molecule has 0 aliphatic rings. The third-order valence-corrected chi connectivity index (χ3v) is 4.95. The highest BCUT2D eigenvalue weighted by atomic mass is 35.5. The second-order valence-electron chi connectivity index (χ2n) is 3.69. The van der Waals surface area contributed by atoms with Crippen LogP contribution in [0.4, 0.5) is 0 Å². The molecular weight excluding hydrogens is 366 g/mol. The van der Waals surface area contributed by atoms with Gasteiger partial charge in [-0.1, -0.05) is 46.4 Å². The lowest BCUT2D eigenvalue weighted by molar-refractivity contribution is 0.486. The van der Waals surface area contributed by atoms with Crippen molar-refractivity contribution < 1.29 is 12.6 Å². The molecule has 0 unspecified atom stereocenters. The molecule has 0 amide bonds. The zero-order valence-electron chi connectivity index (χ0n) is 9.61. The van der Waals surface area contributed by atoms with Gasteiger partial charge in [0.25, 0.3) is 0 Å². The molecule has 2 aromatic rings. The van der Waals surface area contributed by atoms with E-state index in [1.54, 1.807) is 0 Å². The van der Waals surface area contributed by atoms with E-state index in [1.165, 1.54) is 30.3 Å². The molecule has 0 spiro atoms. The van der Waals surface area contributed by atoms with Crippen molar-refractivity contribution in [2.24, 2.45) is 0 Å². The molecule has 0 aromatic heterocycles. The predicted molar refractivity (Wildman–Crippen MR) is 80.7 cm³/mol. The summed E-state index contributed by atoms with van der Waals surface area (Å²) in [4.78, 5) is -0.261. The first-order chi connectivity index (χ1) is 9.29. The molecule has 0 saturated carbocycles. The molecule has 8 heteroatoms. The van der Waals surface area contributed by atoms with Gasteiger partial charge in [-0.15, -0.1) is 0 Å². The summed E-state index contributed by atoms with van der Waals surface area (Å²) in [7, 11) is -4.11. The molecule has 3 nitrogen and oxygen atoms in total. The Morgan fingerprint density at radius 3 is 1.95 bits per heavy atom. The normalized spacial score (nSPS) is 11.4. The molecule has 0 fully saturated rings. The number of hydrogen-bond donors (Lipinski definition) is 0. The molecule has 0 aliphatic heterocycles. The summed E-state index contributed by atoms with van der Waals surface area (Å²) in [5.74, 6) is 0.108. The van der Waals surface area contributed by atoms with Gasteiger partial charge in [-0.25, -0.2) is 0 Å². The number of rotatable bonds is 3. The Balaban J connectivity index is 2.40. The summed E-state index contributed by atoms with van der Waals surface area (Å²) >= 11 is 23.1. The maximum absolute atomic E-state index is 12.1. The summed E-state index contributed by atoms with van der Waals surface area (Å²) in [5, 5.41) is 0.604. The van der Waals surface area contributed by atoms with Gasteiger partial charge in [0.2, 0.25) is 0 Å². The van der Waals surface area contributed by atoms with E-state index in [4.69, 9.17) is 50.6 Å². The molecule has 20 heavy (non-hydrogen) atoms. The van der Waals surface area contributed by atoms with Gasteiger partial charge in [-0.05, 0) is 36.4 Å². The highest BCUT2D eigenvalue weighted by Crippen LogP contribution is 2.33. The van der Waals surface area contributed by atoms with Crippen LogP contribution >= 0.6 is 46.4 Å². The van der Waals surface area contributed by atoms with E-state index >= 15 is 0 Å². The summed E-state index contributed by atoms with van der Waals surface area (Å²) in [5.41, 5.74) is 0. The fraction of sp³-hybridized carbons (Fsp3) is 0. The van der Waals surface area contributed by atoms with Crippen molar-refractivity contribution in [2.75, 3.05) is 0 Å². The van der Waals surface area contributed by atoms with E-state index in [2.05, 4.69) is 0 Å². The Labute approximate surface area is 136 Å². The van der Waals surface area contributed by atoms with Crippen LogP contribution in [-0.4, -0.2) is 8.42 Å². The van der Waals surface area contributed by atoms with Crippen molar-refractivity contribution >= 4 is 56.5 Å². The molecule has 0 saturated heterocycles. The fourth-order valence-corrected chi connectivity index (χ4v) is 3.39. The van der Waals surface area contributed by atoms with E-state index < -0.39 is 10.1 Å². The Morgan fingerprint density at radius 1 is 0.800 bits per heavy atom. The molecule has 106 valence electrons. The smallest absolute Gasteiger partial charge is 0.340 e. The molecule has 0 N–H and O–H groups in total. The lowest BCUT2D eigenvalue weighted by atomic mass is 10.3. The highest BCUT2D eigenvalue weighted by Gasteiger charge is 2.22. The standard InChI is InChI=1S/C12H6Cl4O3S/c13-7-1-3-8(4-2-7)19-20(17,18)12-6-10(15)9(14)5-11(12)16/h1-6H. The van der Waals surface area contributed by atoms with Crippen molar-refractivity contribution in [2.45, 2.75) is 4.90 Å². The van der Waals surface area contributed by atoms with Crippen LogP contribution < -0.4 is 4.18 Å². The van der Waals surface area contributed by atoms with Crippen molar-refractivity contribution in [1.29, 1.82) is 0 Å². The predicted octanol–water partition coefficient (Wildman–Crippen LogP) is 5.07. The van der Waals surface area contributed by atoms with Gasteiger partial charge in [-0.3, -0.25) is 0 Å². The first-order valence-electron chi connectivity index (χ1n) is 5.14. The van der Waals surface area contributed by atoms with Crippen LogP contribution in [0.25, 0.3) is 0 Å². The van der Waals surface area contributed by atoms with Gasteiger partial charge < -0.3 is 4.18 Å². The van der Waals surface area contributed by atoms with E-state index in [1.807, 2.05) is 0 Å². The van der Waals surface area contributed by atoms with Gasteiger partial charge in [0, 0.05) is 5.02 Å². The summed E-state index contributed by atoms with van der Waals surface area (Å²) < 4.78 is 29.2. The number of benzene rings is 2. The monoisotopic (exact) mass is 370 g/mol. The molecule has 0 heterocycles. The molecule has 0 radical (unpaired) electrons.